The van der Waals surface area contributed by atoms with Crippen molar-refractivity contribution in [2.45, 2.75) is 13.5 Å². The molecule has 1 saturated heterocycles. The van der Waals surface area contributed by atoms with Gasteiger partial charge in [0.15, 0.2) is 12.4 Å². The molecule has 1 heterocycles. The summed E-state index contributed by atoms with van der Waals surface area (Å²) < 4.78 is 10.1. The molecule has 1 fully saturated rings. The van der Waals surface area contributed by atoms with Crippen LogP contribution in [0.3, 0.4) is 0 Å². The topological polar surface area (TPSA) is 84.9 Å². The van der Waals surface area contributed by atoms with Crippen molar-refractivity contribution in [3.8, 4) is 5.75 Å². The first-order valence-corrected chi connectivity index (χ1v) is 9.80. The minimum atomic E-state index is -0.548. The summed E-state index contributed by atoms with van der Waals surface area (Å²) in [4.78, 5) is 37.4. The lowest BCUT2D eigenvalue weighted by Gasteiger charge is -2.11. The van der Waals surface area contributed by atoms with E-state index in [9.17, 15) is 14.4 Å². The van der Waals surface area contributed by atoms with Crippen LogP contribution in [0, 0.1) is 0 Å². The van der Waals surface area contributed by atoms with Gasteiger partial charge in [-0.2, -0.15) is 0 Å². The molecule has 0 saturated carbocycles. The van der Waals surface area contributed by atoms with E-state index >= 15 is 0 Å². The van der Waals surface area contributed by atoms with Gasteiger partial charge in [0, 0.05) is 0 Å². The number of carbonyl (C=O) groups excluding carboxylic acids is 3. The van der Waals surface area contributed by atoms with E-state index in [0.717, 1.165) is 10.5 Å². The minimum absolute atomic E-state index is 0.100. The van der Waals surface area contributed by atoms with Gasteiger partial charge >= 0.3 is 12.0 Å². The second kappa shape index (κ2) is 9.65. The molecule has 0 aliphatic carbocycles. The summed E-state index contributed by atoms with van der Waals surface area (Å²) in [6.45, 7) is 1.74. The molecule has 2 aromatic rings. The van der Waals surface area contributed by atoms with Crippen molar-refractivity contribution >= 4 is 47.2 Å². The van der Waals surface area contributed by atoms with Gasteiger partial charge < -0.3 is 14.8 Å². The average Bonchev–Trinajstić information content (AvgIpc) is 2.96. The van der Waals surface area contributed by atoms with Crippen molar-refractivity contribution in [3.63, 3.8) is 0 Å². The molecule has 3 amide bonds. The Morgan fingerprint density at radius 1 is 1.13 bits per heavy atom. The number of esters is 1. The van der Waals surface area contributed by atoms with Crippen molar-refractivity contribution < 1.29 is 23.9 Å². The van der Waals surface area contributed by atoms with Crippen molar-refractivity contribution in [1.29, 1.82) is 0 Å². The fraction of sp³-hybridized carbons (Fsp3) is 0.190. The van der Waals surface area contributed by atoms with E-state index in [1.54, 1.807) is 6.92 Å². The summed E-state index contributed by atoms with van der Waals surface area (Å²) in [5, 5.41) is 2.85. The number of carbonyl (C=O) groups is 3. The Morgan fingerprint density at radius 3 is 2.43 bits per heavy atom. The zero-order chi connectivity index (χ0) is 21.7. The number of urea groups is 1. The summed E-state index contributed by atoms with van der Waals surface area (Å²) in [6.07, 6.45) is 1.47. The first-order chi connectivity index (χ1) is 14.4. The molecule has 30 heavy (non-hydrogen) atoms. The van der Waals surface area contributed by atoms with Crippen molar-refractivity contribution in [1.82, 2.24) is 10.2 Å². The quantitative estimate of drug-likeness (QED) is 0.392. The number of rotatable bonds is 7. The molecule has 0 aromatic heterocycles. The monoisotopic (exact) mass is 448 g/mol. The van der Waals surface area contributed by atoms with Crippen LogP contribution in [0.1, 0.15) is 18.1 Å². The second-order valence-electron chi connectivity index (χ2n) is 6.27. The highest BCUT2D eigenvalue weighted by atomic mass is 35.5. The van der Waals surface area contributed by atoms with Crippen LogP contribution in [-0.4, -0.2) is 36.0 Å². The predicted molar refractivity (Wildman–Crippen MR) is 112 cm³/mol. The number of benzene rings is 2. The van der Waals surface area contributed by atoms with Gasteiger partial charge in [0.1, 0.15) is 5.70 Å². The van der Waals surface area contributed by atoms with E-state index in [1.165, 1.54) is 18.2 Å². The van der Waals surface area contributed by atoms with Crippen LogP contribution in [-0.2, 0) is 20.9 Å². The Morgan fingerprint density at radius 2 is 1.80 bits per heavy atom. The third kappa shape index (κ3) is 5.11. The minimum Gasteiger partial charge on any atom is -0.479 e. The summed E-state index contributed by atoms with van der Waals surface area (Å²) in [5.41, 5.74) is 1.42. The third-order valence-corrected chi connectivity index (χ3v) is 4.68. The maximum absolute atomic E-state index is 12.6. The Hall–Kier alpha value is -3.03. The molecule has 1 N–H and O–H groups in total. The number of nitrogens with one attached hydrogen (secondary N) is 1. The Kier molecular flexibility index (Phi) is 6.97. The van der Waals surface area contributed by atoms with E-state index in [4.69, 9.17) is 32.7 Å². The Bertz CT molecular complexity index is 985. The number of hydrogen-bond acceptors (Lipinski definition) is 5. The van der Waals surface area contributed by atoms with Gasteiger partial charge in [-0.1, -0.05) is 53.5 Å². The molecule has 0 unspecified atom stereocenters. The molecular weight excluding hydrogens is 431 g/mol. The van der Waals surface area contributed by atoms with Crippen LogP contribution in [0.25, 0.3) is 6.08 Å². The smallest absolute Gasteiger partial charge is 0.344 e. The zero-order valence-corrected chi connectivity index (χ0v) is 17.5. The summed E-state index contributed by atoms with van der Waals surface area (Å²) in [5.74, 6) is -0.881. The fourth-order valence-electron chi connectivity index (χ4n) is 2.78. The maximum atomic E-state index is 12.6. The largest absolute Gasteiger partial charge is 0.479 e. The van der Waals surface area contributed by atoms with Crippen molar-refractivity contribution in [2.24, 2.45) is 0 Å². The maximum Gasteiger partial charge on any atom is 0.344 e. The molecule has 0 atom stereocenters. The number of halogens is 2. The average molecular weight is 449 g/mol. The van der Waals surface area contributed by atoms with Gasteiger partial charge in [-0.05, 0) is 36.3 Å². The van der Waals surface area contributed by atoms with Gasteiger partial charge in [-0.15, -0.1) is 0 Å². The molecule has 7 nitrogen and oxygen atoms in total. The number of imide groups is 1. The van der Waals surface area contributed by atoms with Crippen molar-refractivity contribution in [2.75, 3.05) is 13.2 Å². The van der Waals surface area contributed by atoms with Crippen LogP contribution in [0.5, 0.6) is 5.75 Å². The standard InChI is InChI=1S/C21H18Cl2N2O5/c1-2-29-18(26)12-30-19-15(22)8-14(9-16(19)23)10-17-20(27)25(21(28)24-17)11-13-6-4-3-5-7-13/h3-10H,2,11-12H2,1H3,(H,24,28)/b17-10-. The molecule has 2 aromatic carbocycles. The summed E-state index contributed by atoms with van der Waals surface area (Å²) in [7, 11) is 0. The van der Waals surface area contributed by atoms with Crippen LogP contribution in [0.2, 0.25) is 10.0 Å². The molecule has 156 valence electrons. The number of hydrogen-bond donors (Lipinski definition) is 1. The normalized spacial score (nSPS) is 14.8. The first-order valence-electron chi connectivity index (χ1n) is 9.05. The van der Waals surface area contributed by atoms with E-state index in [-0.39, 0.29) is 41.3 Å². The van der Waals surface area contributed by atoms with Gasteiger partial charge in [0.25, 0.3) is 5.91 Å². The highest BCUT2D eigenvalue weighted by Gasteiger charge is 2.33. The summed E-state index contributed by atoms with van der Waals surface area (Å²) in [6, 6.07) is 11.7. The van der Waals surface area contributed by atoms with Gasteiger partial charge in [-0.25, -0.2) is 9.59 Å². The number of ether oxygens (including phenoxy) is 2. The molecule has 0 radical (unpaired) electrons. The number of nitrogens with zero attached hydrogens (tertiary/aromatic N) is 1. The highest BCUT2D eigenvalue weighted by Crippen LogP contribution is 2.35. The third-order valence-electron chi connectivity index (χ3n) is 4.12. The molecule has 1 aliphatic heterocycles. The van der Waals surface area contributed by atoms with E-state index in [1.807, 2.05) is 30.3 Å². The Balaban J connectivity index is 1.75. The molecule has 3 rings (SSSR count). The van der Waals surface area contributed by atoms with E-state index in [0.29, 0.717) is 5.56 Å². The van der Waals surface area contributed by atoms with Gasteiger partial charge in [-0.3, -0.25) is 9.69 Å². The lowest BCUT2D eigenvalue weighted by atomic mass is 10.1. The molecule has 1 aliphatic rings. The van der Waals surface area contributed by atoms with Gasteiger partial charge in [0.2, 0.25) is 0 Å². The lowest BCUT2D eigenvalue weighted by Crippen LogP contribution is -2.30. The van der Waals surface area contributed by atoms with E-state index in [2.05, 4.69) is 5.32 Å². The molecule has 9 heteroatoms. The molecule has 0 spiro atoms. The predicted octanol–water partition coefficient (Wildman–Crippen LogP) is 4.03. The van der Waals surface area contributed by atoms with Crippen LogP contribution >= 0.6 is 23.2 Å². The Labute approximate surface area is 183 Å². The van der Waals surface area contributed by atoms with Crippen molar-refractivity contribution in [3.05, 3.63) is 69.3 Å². The van der Waals surface area contributed by atoms with Crippen LogP contribution in [0.15, 0.2) is 48.2 Å². The zero-order valence-electron chi connectivity index (χ0n) is 16.0. The molecular formula is C21H18Cl2N2O5. The number of amides is 3. The first kappa shape index (κ1) is 21.7. The fourth-order valence-corrected chi connectivity index (χ4v) is 3.40. The highest BCUT2D eigenvalue weighted by molar-refractivity contribution is 6.37. The molecule has 0 bridgehead atoms. The second-order valence-corrected chi connectivity index (χ2v) is 7.09. The lowest BCUT2D eigenvalue weighted by molar-refractivity contribution is -0.145. The van der Waals surface area contributed by atoms with E-state index < -0.39 is 17.9 Å². The van der Waals surface area contributed by atoms with Gasteiger partial charge in [0.05, 0.1) is 23.2 Å². The van der Waals surface area contributed by atoms with Crippen LogP contribution in [0.4, 0.5) is 4.79 Å². The SMILES string of the molecule is CCOC(=O)COc1c(Cl)cc(/C=C2\NC(=O)N(Cc3ccccc3)C2=O)cc1Cl. The summed E-state index contributed by atoms with van der Waals surface area (Å²) >= 11 is 12.4. The van der Waals surface area contributed by atoms with Crippen LogP contribution < -0.4 is 10.1 Å².